The number of nitrogens with zero attached hydrogens (tertiary/aromatic N) is 2. The number of thiazole rings is 1. The Morgan fingerprint density at radius 2 is 2.15 bits per heavy atom. The highest BCUT2D eigenvalue weighted by Gasteiger charge is 2.30. The minimum atomic E-state index is -4.30. The summed E-state index contributed by atoms with van der Waals surface area (Å²) < 4.78 is 40.2. The van der Waals surface area contributed by atoms with Crippen LogP contribution in [0.15, 0.2) is 33.1 Å². The number of nitro benzene ring substituents is 1. The van der Waals surface area contributed by atoms with Crippen LogP contribution in [-0.2, 0) is 10.0 Å². The number of para-hydroxylation sites is 1. The monoisotopic (exact) mass is 381 g/mol. The molecule has 20 heavy (non-hydrogen) atoms. The van der Waals surface area contributed by atoms with Gasteiger partial charge in [-0.15, -0.1) is 0 Å². The van der Waals surface area contributed by atoms with E-state index in [9.17, 15) is 22.9 Å². The third-order valence-corrected chi connectivity index (χ3v) is 5.01. The van der Waals surface area contributed by atoms with E-state index in [0.717, 1.165) is 29.5 Å². The molecule has 0 amide bonds. The molecule has 2 aromatic rings. The molecule has 1 N–H and O–H groups in total. The molecule has 1 aromatic carbocycles. The average Bonchev–Trinajstić information content (AvgIpc) is 2.73. The summed E-state index contributed by atoms with van der Waals surface area (Å²) >= 11 is 4.08. The van der Waals surface area contributed by atoms with Gasteiger partial charge >= 0.3 is 5.69 Å². The zero-order valence-corrected chi connectivity index (χ0v) is 12.6. The lowest BCUT2D eigenvalue weighted by atomic mass is 10.3. The van der Waals surface area contributed by atoms with Gasteiger partial charge in [-0.3, -0.25) is 14.8 Å². The molecular formula is C9H5BrFN3O4S2. The molecule has 0 bridgehead atoms. The molecule has 1 heterocycles. The molecule has 0 fully saturated rings. The van der Waals surface area contributed by atoms with Crippen LogP contribution in [0.25, 0.3) is 0 Å². The van der Waals surface area contributed by atoms with Crippen molar-refractivity contribution >= 4 is 48.1 Å². The van der Waals surface area contributed by atoms with Gasteiger partial charge in [0.15, 0.2) is 10.0 Å². The van der Waals surface area contributed by atoms with Gasteiger partial charge in [0.2, 0.25) is 5.82 Å². The van der Waals surface area contributed by atoms with Crippen molar-refractivity contribution in [3.8, 4) is 0 Å². The number of hydrogen-bond acceptors (Lipinski definition) is 6. The Bertz CT molecular complexity index is 777. The smallest absolute Gasteiger partial charge is 0.258 e. The minimum absolute atomic E-state index is 0.00966. The van der Waals surface area contributed by atoms with Crippen molar-refractivity contribution in [1.82, 2.24) is 4.98 Å². The summed E-state index contributed by atoms with van der Waals surface area (Å²) in [5, 5.41) is 10.8. The second kappa shape index (κ2) is 5.42. The number of nitrogens with one attached hydrogen (secondary N) is 1. The molecule has 106 valence electrons. The molecule has 0 saturated carbocycles. The Balaban J connectivity index is 2.50. The fourth-order valence-corrected chi connectivity index (χ4v) is 3.89. The number of rotatable bonds is 4. The first kappa shape index (κ1) is 14.8. The van der Waals surface area contributed by atoms with Crippen molar-refractivity contribution in [2.24, 2.45) is 0 Å². The maximum Gasteiger partial charge on any atom is 0.325 e. The van der Waals surface area contributed by atoms with E-state index in [-0.39, 0.29) is 5.13 Å². The number of sulfonamides is 1. The molecule has 0 unspecified atom stereocenters. The highest BCUT2D eigenvalue weighted by molar-refractivity contribution is 9.11. The number of aromatic nitrogens is 1. The van der Waals surface area contributed by atoms with E-state index in [1.165, 1.54) is 6.20 Å². The predicted molar refractivity (Wildman–Crippen MR) is 73.7 cm³/mol. The van der Waals surface area contributed by atoms with Gasteiger partial charge in [0.05, 0.1) is 14.9 Å². The first-order chi connectivity index (χ1) is 9.31. The predicted octanol–water partition coefficient (Wildman–Crippen LogP) is 2.75. The van der Waals surface area contributed by atoms with Gasteiger partial charge in [0.25, 0.3) is 10.0 Å². The maximum atomic E-state index is 13.4. The zero-order valence-electron chi connectivity index (χ0n) is 9.41. The molecule has 11 heteroatoms. The van der Waals surface area contributed by atoms with Crippen LogP contribution >= 0.6 is 27.3 Å². The van der Waals surface area contributed by atoms with Gasteiger partial charge in [-0.05, 0) is 28.1 Å². The van der Waals surface area contributed by atoms with Crippen LogP contribution in [0.4, 0.5) is 15.2 Å². The zero-order chi connectivity index (χ0) is 14.9. The van der Waals surface area contributed by atoms with E-state index in [1.807, 2.05) is 0 Å². The Morgan fingerprint density at radius 1 is 1.45 bits per heavy atom. The minimum Gasteiger partial charge on any atom is -0.258 e. The summed E-state index contributed by atoms with van der Waals surface area (Å²) in [5.74, 6) is -1.22. The molecule has 0 radical (unpaired) electrons. The van der Waals surface area contributed by atoms with Crippen molar-refractivity contribution in [3.63, 3.8) is 0 Å². The summed E-state index contributed by atoms with van der Waals surface area (Å²) in [4.78, 5) is 12.7. The van der Waals surface area contributed by atoms with E-state index in [0.29, 0.717) is 3.79 Å². The second-order valence-electron chi connectivity index (χ2n) is 3.42. The molecule has 7 nitrogen and oxygen atoms in total. The van der Waals surface area contributed by atoms with Crippen molar-refractivity contribution in [2.75, 3.05) is 4.72 Å². The van der Waals surface area contributed by atoms with Crippen LogP contribution in [0.1, 0.15) is 0 Å². The lowest BCUT2D eigenvalue weighted by molar-refractivity contribution is -0.390. The summed E-state index contributed by atoms with van der Waals surface area (Å²) in [5.41, 5.74) is -1.10. The third kappa shape index (κ3) is 2.94. The molecule has 0 aliphatic carbocycles. The van der Waals surface area contributed by atoms with Crippen LogP contribution in [0.3, 0.4) is 0 Å². The molecule has 0 aliphatic rings. The summed E-state index contributed by atoms with van der Waals surface area (Å²) in [6.45, 7) is 0. The van der Waals surface area contributed by atoms with Gasteiger partial charge < -0.3 is 0 Å². The number of hydrogen-bond donors (Lipinski definition) is 1. The molecule has 0 saturated heterocycles. The van der Waals surface area contributed by atoms with Gasteiger partial charge in [-0.2, -0.15) is 4.39 Å². The van der Waals surface area contributed by atoms with E-state index >= 15 is 0 Å². The molecule has 2 rings (SSSR count). The fraction of sp³-hybridized carbons (Fsp3) is 0. The molecule has 0 atom stereocenters. The van der Waals surface area contributed by atoms with E-state index in [2.05, 4.69) is 25.6 Å². The van der Waals surface area contributed by atoms with Crippen molar-refractivity contribution < 1.29 is 17.7 Å². The van der Waals surface area contributed by atoms with Crippen LogP contribution in [0, 0.1) is 15.9 Å². The molecule has 0 aliphatic heterocycles. The van der Waals surface area contributed by atoms with Gasteiger partial charge in [-0.1, -0.05) is 17.4 Å². The SMILES string of the molecule is O=[N+]([O-])c1c(F)cccc1S(=O)(=O)Nc1ncc(Br)s1. The Kier molecular flexibility index (Phi) is 4.01. The largest absolute Gasteiger partial charge is 0.325 e. The number of halogens is 2. The Hall–Kier alpha value is -1.59. The molecule has 0 spiro atoms. The van der Waals surface area contributed by atoms with Crippen LogP contribution in [-0.4, -0.2) is 18.3 Å². The van der Waals surface area contributed by atoms with Gasteiger partial charge in [0, 0.05) is 0 Å². The lowest BCUT2D eigenvalue weighted by Gasteiger charge is -2.06. The van der Waals surface area contributed by atoms with E-state index in [1.54, 1.807) is 0 Å². The number of anilines is 1. The normalized spacial score (nSPS) is 11.3. The number of nitro groups is 1. The lowest BCUT2D eigenvalue weighted by Crippen LogP contribution is -2.15. The van der Waals surface area contributed by atoms with Crippen LogP contribution < -0.4 is 4.72 Å². The fourth-order valence-electron chi connectivity index (χ4n) is 1.36. The van der Waals surface area contributed by atoms with E-state index in [4.69, 9.17) is 0 Å². The standard InChI is InChI=1S/C9H5BrFN3O4S2/c10-7-4-12-9(19-7)13-20(17,18)6-3-1-2-5(11)8(6)14(15)16/h1-4H,(H,12,13). The summed E-state index contributed by atoms with van der Waals surface area (Å²) in [6.07, 6.45) is 1.36. The second-order valence-corrected chi connectivity index (χ2v) is 7.48. The van der Waals surface area contributed by atoms with Crippen LogP contribution in [0.5, 0.6) is 0 Å². The van der Waals surface area contributed by atoms with Gasteiger partial charge in [-0.25, -0.2) is 13.4 Å². The molecule has 1 aromatic heterocycles. The Morgan fingerprint density at radius 3 is 2.70 bits per heavy atom. The summed E-state index contributed by atoms with van der Waals surface area (Å²) in [7, 11) is -4.30. The topological polar surface area (TPSA) is 102 Å². The van der Waals surface area contributed by atoms with Crippen LogP contribution in [0.2, 0.25) is 0 Å². The first-order valence-corrected chi connectivity index (χ1v) is 7.97. The average molecular weight is 382 g/mol. The third-order valence-electron chi connectivity index (χ3n) is 2.12. The number of benzene rings is 1. The van der Waals surface area contributed by atoms with Crippen molar-refractivity contribution in [1.29, 1.82) is 0 Å². The highest BCUT2D eigenvalue weighted by Crippen LogP contribution is 2.30. The first-order valence-electron chi connectivity index (χ1n) is 4.88. The van der Waals surface area contributed by atoms with E-state index < -0.39 is 31.3 Å². The van der Waals surface area contributed by atoms with Crippen molar-refractivity contribution in [3.05, 3.63) is 44.1 Å². The van der Waals surface area contributed by atoms with Gasteiger partial charge in [0.1, 0.15) is 0 Å². The maximum absolute atomic E-state index is 13.4. The highest BCUT2D eigenvalue weighted by atomic mass is 79.9. The Labute approximate surface area is 124 Å². The van der Waals surface area contributed by atoms with Crippen molar-refractivity contribution in [2.45, 2.75) is 4.90 Å². The summed E-state index contributed by atoms with van der Waals surface area (Å²) in [6, 6.07) is 2.85. The molecular weight excluding hydrogens is 377 g/mol. The quantitative estimate of drug-likeness (QED) is 0.647.